The molecule has 5 heteroatoms. The summed E-state index contributed by atoms with van der Waals surface area (Å²) in [7, 11) is 0. The van der Waals surface area contributed by atoms with Crippen LogP contribution in [0.4, 0.5) is 0 Å². The molecule has 3 aromatic rings. The molecule has 0 saturated carbocycles. The van der Waals surface area contributed by atoms with Gasteiger partial charge in [0.05, 0.1) is 11.3 Å². The maximum atomic E-state index is 11.0. The molecule has 1 aromatic heterocycles. The number of benzene rings is 2. The van der Waals surface area contributed by atoms with Crippen LogP contribution in [0.25, 0.3) is 11.1 Å². The second kappa shape index (κ2) is 6.58. The predicted octanol–water partition coefficient (Wildman–Crippen LogP) is 4.24. The topological polar surface area (TPSA) is 72.6 Å². The summed E-state index contributed by atoms with van der Waals surface area (Å²) >= 11 is 0. The van der Waals surface area contributed by atoms with Crippen molar-refractivity contribution in [1.82, 2.24) is 5.16 Å². The van der Waals surface area contributed by atoms with Gasteiger partial charge in [0.15, 0.2) is 0 Å². The number of nitrogens with zero attached hydrogens (tertiary/aromatic N) is 1. The molecule has 0 bridgehead atoms. The van der Waals surface area contributed by atoms with Crippen LogP contribution in [0.1, 0.15) is 27.4 Å². The Morgan fingerprint density at radius 1 is 1.17 bits per heavy atom. The quantitative estimate of drug-likeness (QED) is 0.760. The minimum absolute atomic E-state index is 0.254. The first-order chi connectivity index (χ1) is 11.5. The van der Waals surface area contributed by atoms with Gasteiger partial charge < -0.3 is 14.4 Å². The Morgan fingerprint density at radius 3 is 2.54 bits per heavy atom. The van der Waals surface area contributed by atoms with Crippen LogP contribution in [0, 0.1) is 13.8 Å². The molecule has 0 unspecified atom stereocenters. The number of carbonyl (C=O) groups is 1. The molecule has 5 nitrogen and oxygen atoms in total. The van der Waals surface area contributed by atoms with Crippen molar-refractivity contribution in [1.29, 1.82) is 0 Å². The summed E-state index contributed by atoms with van der Waals surface area (Å²) in [5.74, 6) is 0.554. The lowest BCUT2D eigenvalue weighted by Crippen LogP contribution is -2.00. The first kappa shape index (κ1) is 15.8. The molecule has 1 N–H and O–H groups in total. The Kier molecular flexibility index (Phi) is 4.33. The molecular weight excluding hydrogens is 306 g/mol. The van der Waals surface area contributed by atoms with Crippen LogP contribution in [-0.4, -0.2) is 16.2 Å². The van der Waals surface area contributed by atoms with Crippen molar-refractivity contribution < 1.29 is 19.2 Å². The fraction of sp³-hybridized carbons (Fsp3) is 0.158. The Labute approximate surface area is 139 Å². The minimum atomic E-state index is -0.944. The van der Waals surface area contributed by atoms with E-state index in [1.807, 2.05) is 44.2 Å². The predicted molar refractivity (Wildman–Crippen MR) is 89.1 cm³/mol. The molecule has 0 spiro atoms. The van der Waals surface area contributed by atoms with E-state index in [4.69, 9.17) is 14.4 Å². The summed E-state index contributed by atoms with van der Waals surface area (Å²) in [6.07, 6.45) is 0. The highest BCUT2D eigenvalue weighted by Gasteiger charge is 2.11. The molecule has 3 rings (SSSR count). The largest absolute Gasteiger partial charge is 0.489 e. The molecule has 2 aromatic carbocycles. The number of aromatic carboxylic acids is 1. The van der Waals surface area contributed by atoms with Crippen molar-refractivity contribution in [3.63, 3.8) is 0 Å². The Hall–Kier alpha value is -3.08. The number of hydrogen-bond donors (Lipinski definition) is 1. The molecule has 24 heavy (non-hydrogen) atoms. The van der Waals surface area contributed by atoms with Gasteiger partial charge in [0, 0.05) is 5.56 Å². The molecule has 122 valence electrons. The molecule has 1 heterocycles. The number of aromatic nitrogens is 1. The van der Waals surface area contributed by atoms with Crippen LogP contribution in [0.5, 0.6) is 5.75 Å². The SMILES string of the molecule is Cc1noc(C)c1-c1ccc(OCc2cccc(C(=O)O)c2)cc1. The molecule has 0 atom stereocenters. The normalized spacial score (nSPS) is 10.6. The second-order valence-electron chi connectivity index (χ2n) is 5.52. The number of rotatable bonds is 5. The van der Waals surface area contributed by atoms with E-state index in [2.05, 4.69) is 5.16 Å². The van der Waals surface area contributed by atoms with Gasteiger partial charge in [-0.1, -0.05) is 29.4 Å². The summed E-state index contributed by atoms with van der Waals surface area (Å²) in [5, 5.41) is 13.0. The van der Waals surface area contributed by atoms with E-state index in [1.54, 1.807) is 18.2 Å². The zero-order chi connectivity index (χ0) is 17.1. The van der Waals surface area contributed by atoms with Crippen molar-refractivity contribution in [3.05, 3.63) is 71.1 Å². The zero-order valence-corrected chi connectivity index (χ0v) is 13.4. The van der Waals surface area contributed by atoms with Gasteiger partial charge in [-0.25, -0.2) is 4.79 Å². The van der Waals surface area contributed by atoms with E-state index in [9.17, 15) is 4.79 Å². The lowest BCUT2D eigenvalue weighted by Gasteiger charge is -2.08. The average molecular weight is 323 g/mol. The Morgan fingerprint density at radius 2 is 1.92 bits per heavy atom. The van der Waals surface area contributed by atoms with Crippen LogP contribution in [0.2, 0.25) is 0 Å². The van der Waals surface area contributed by atoms with Crippen molar-refractivity contribution in [2.75, 3.05) is 0 Å². The molecule has 0 amide bonds. The first-order valence-corrected chi connectivity index (χ1v) is 7.53. The van der Waals surface area contributed by atoms with Crippen molar-refractivity contribution >= 4 is 5.97 Å². The molecule has 0 aliphatic rings. The van der Waals surface area contributed by atoms with E-state index in [0.29, 0.717) is 12.4 Å². The molecular formula is C19H17NO4. The van der Waals surface area contributed by atoms with Gasteiger partial charge in [0.2, 0.25) is 0 Å². The average Bonchev–Trinajstić information content (AvgIpc) is 2.92. The number of aryl methyl sites for hydroxylation is 2. The standard InChI is InChI=1S/C19H17NO4/c1-12-18(13(2)24-20-12)15-6-8-17(9-7-15)23-11-14-4-3-5-16(10-14)19(21)22/h3-10H,11H2,1-2H3,(H,21,22). The van der Waals surface area contributed by atoms with Crippen LogP contribution in [-0.2, 0) is 6.61 Å². The van der Waals surface area contributed by atoms with E-state index >= 15 is 0 Å². The third-order valence-electron chi connectivity index (χ3n) is 3.76. The highest BCUT2D eigenvalue weighted by Crippen LogP contribution is 2.28. The van der Waals surface area contributed by atoms with Crippen LogP contribution >= 0.6 is 0 Å². The van der Waals surface area contributed by atoms with Crippen molar-refractivity contribution in [3.8, 4) is 16.9 Å². The third kappa shape index (κ3) is 3.30. The molecule has 0 radical (unpaired) electrons. The van der Waals surface area contributed by atoms with E-state index < -0.39 is 5.97 Å². The van der Waals surface area contributed by atoms with Crippen LogP contribution in [0.15, 0.2) is 53.1 Å². The van der Waals surface area contributed by atoms with Gasteiger partial charge in [-0.15, -0.1) is 0 Å². The summed E-state index contributed by atoms with van der Waals surface area (Å²) in [6, 6.07) is 14.4. The number of ether oxygens (including phenoxy) is 1. The van der Waals surface area contributed by atoms with Gasteiger partial charge in [0.1, 0.15) is 18.1 Å². The number of carboxylic acids is 1. The molecule has 0 saturated heterocycles. The fourth-order valence-corrected chi connectivity index (χ4v) is 2.57. The Balaban J connectivity index is 1.71. The number of hydrogen-bond acceptors (Lipinski definition) is 4. The van der Waals surface area contributed by atoms with E-state index in [1.165, 1.54) is 0 Å². The summed E-state index contributed by atoms with van der Waals surface area (Å²) < 4.78 is 10.9. The summed E-state index contributed by atoms with van der Waals surface area (Å²) in [4.78, 5) is 11.0. The lowest BCUT2D eigenvalue weighted by molar-refractivity contribution is 0.0696. The summed E-state index contributed by atoms with van der Waals surface area (Å²) in [5.41, 5.74) is 3.93. The molecule has 0 aliphatic heterocycles. The number of carboxylic acid groups (broad SMARTS) is 1. The van der Waals surface area contributed by atoms with Gasteiger partial charge >= 0.3 is 5.97 Å². The first-order valence-electron chi connectivity index (χ1n) is 7.53. The second-order valence-corrected chi connectivity index (χ2v) is 5.52. The third-order valence-corrected chi connectivity index (χ3v) is 3.76. The van der Waals surface area contributed by atoms with Crippen LogP contribution < -0.4 is 4.74 Å². The van der Waals surface area contributed by atoms with Gasteiger partial charge in [0.25, 0.3) is 0 Å². The van der Waals surface area contributed by atoms with Gasteiger partial charge in [-0.2, -0.15) is 0 Å². The smallest absolute Gasteiger partial charge is 0.335 e. The molecule has 0 fully saturated rings. The van der Waals surface area contributed by atoms with Crippen LogP contribution in [0.3, 0.4) is 0 Å². The minimum Gasteiger partial charge on any atom is -0.489 e. The monoisotopic (exact) mass is 323 g/mol. The summed E-state index contributed by atoms with van der Waals surface area (Å²) in [6.45, 7) is 4.10. The van der Waals surface area contributed by atoms with Gasteiger partial charge in [-0.05, 0) is 49.2 Å². The van der Waals surface area contributed by atoms with Crippen molar-refractivity contribution in [2.45, 2.75) is 20.5 Å². The van der Waals surface area contributed by atoms with Crippen molar-refractivity contribution in [2.24, 2.45) is 0 Å². The maximum absolute atomic E-state index is 11.0. The van der Waals surface area contributed by atoms with E-state index in [-0.39, 0.29) is 5.56 Å². The Bertz CT molecular complexity index is 846. The molecule has 0 aliphatic carbocycles. The van der Waals surface area contributed by atoms with Gasteiger partial charge in [-0.3, -0.25) is 0 Å². The lowest BCUT2D eigenvalue weighted by atomic mass is 10.0. The van der Waals surface area contributed by atoms with E-state index in [0.717, 1.165) is 28.1 Å². The maximum Gasteiger partial charge on any atom is 0.335 e. The highest BCUT2D eigenvalue weighted by molar-refractivity contribution is 5.87. The fourth-order valence-electron chi connectivity index (χ4n) is 2.57. The zero-order valence-electron chi connectivity index (χ0n) is 13.4. The highest BCUT2D eigenvalue weighted by atomic mass is 16.5.